The second kappa shape index (κ2) is 14.3. The highest BCUT2D eigenvalue weighted by Gasteiger charge is 2.20. The Kier molecular flexibility index (Phi) is 10.3. The van der Waals surface area contributed by atoms with E-state index in [1.165, 1.54) is 23.9 Å². The number of amides is 3. The van der Waals surface area contributed by atoms with Gasteiger partial charge in [-0.3, -0.25) is 14.4 Å². The van der Waals surface area contributed by atoms with E-state index in [1.54, 1.807) is 91.0 Å². The van der Waals surface area contributed by atoms with Crippen LogP contribution >= 0.6 is 23.4 Å². The predicted octanol–water partition coefficient (Wildman–Crippen LogP) is 7.40. The molecular weight excluding hydrogens is 561 g/mol. The zero-order valence-electron chi connectivity index (χ0n) is 22.1. The number of anilines is 2. The Morgan fingerprint density at radius 2 is 1.59 bits per heavy atom. The van der Waals surface area contributed by atoms with E-state index in [0.29, 0.717) is 28.3 Å². The van der Waals surface area contributed by atoms with Crippen molar-refractivity contribution in [1.29, 1.82) is 0 Å². The Hall–Kier alpha value is -4.40. The molecule has 0 radical (unpaired) electrons. The largest absolute Gasteiger partial charge is 0.323 e. The lowest BCUT2D eigenvalue weighted by molar-refractivity contribution is -0.116. The number of halogens is 2. The van der Waals surface area contributed by atoms with Crippen molar-refractivity contribution in [3.8, 4) is 0 Å². The molecule has 0 bridgehead atoms. The smallest absolute Gasteiger partial charge is 0.272 e. The molecule has 0 aliphatic rings. The average Bonchev–Trinajstić information content (AvgIpc) is 2.98. The lowest BCUT2D eigenvalue weighted by atomic mass is 10.1. The van der Waals surface area contributed by atoms with Gasteiger partial charge in [0.1, 0.15) is 11.5 Å². The second-order valence-electron chi connectivity index (χ2n) is 8.90. The highest BCUT2D eigenvalue weighted by molar-refractivity contribution is 8.00. The van der Waals surface area contributed by atoms with Crippen LogP contribution in [0.15, 0.2) is 114 Å². The monoisotopic (exact) mass is 587 g/mol. The van der Waals surface area contributed by atoms with Gasteiger partial charge in [0.25, 0.3) is 11.8 Å². The summed E-state index contributed by atoms with van der Waals surface area (Å²) >= 11 is 7.30. The third-order valence-corrected chi connectivity index (χ3v) is 7.49. The Balaban J connectivity index is 1.50. The normalized spacial score (nSPS) is 11.8. The molecule has 4 aromatic rings. The van der Waals surface area contributed by atoms with Crippen LogP contribution in [0.2, 0.25) is 5.02 Å². The summed E-state index contributed by atoms with van der Waals surface area (Å²) in [6, 6.07) is 28.4. The fraction of sp³-hybridized carbons (Fsp3) is 0.0938. The van der Waals surface area contributed by atoms with Gasteiger partial charge in [0.05, 0.1) is 10.9 Å². The van der Waals surface area contributed by atoms with Crippen molar-refractivity contribution in [3.05, 3.63) is 131 Å². The summed E-state index contributed by atoms with van der Waals surface area (Å²) in [5, 5.41) is 8.22. The minimum Gasteiger partial charge on any atom is -0.323 e. The van der Waals surface area contributed by atoms with E-state index in [9.17, 15) is 18.8 Å². The molecule has 1 unspecified atom stereocenters. The minimum absolute atomic E-state index is 0.0370. The van der Waals surface area contributed by atoms with Gasteiger partial charge < -0.3 is 16.0 Å². The summed E-state index contributed by atoms with van der Waals surface area (Å²) in [6.45, 7) is 1.87. The van der Waals surface area contributed by atoms with Crippen LogP contribution < -0.4 is 16.0 Å². The van der Waals surface area contributed by atoms with Crippen molar-refractivity contribution in [3.63, 3.8) is 0 Å². The van der Waals surface area contributed by atoms with E-state index in [4.69, 9.17) is 11.6 Å². The Bertz CT molecular complexity index is 1560. The van der Waals surface area contributed by atoms with E-state index in [-0.39, 0.29) is 17.3 Å². The predicted molar refractivity (Wildman–Crippen MR) is 163 cm³/mol. The van der Waals surface area contributed by atoms with Crippen LogP contribution in [0, 0.1) is 5.82 Å². The Morgan fingerprint density at radius 3 is 2.29 bits per heavy atom. The summed E-state index contributed by atoms with van der Waals surface area (Å²) in [5.74, 6) is -1.80. The standard InChI is InChI=1S/C32H27ClFN3O3S/c1-2-29(32(40)36-27-14-7-6-13-26(27)34)41-25-12-8-11-24(20-25)35-31(39)28(19-21-15-17-23(33)18-16-21)37-30(38)22-9-4-3-5-10-22/h3-20,29H,2H2,1H3,(H,35,39)(H,36,40)(H,37,38)/b28-19-. The lowest BCUT2D eigenvalue weighted by Gasteiger charge is -2.16. The van der Waals surface area contributed by atoms with Crippen molar-refractivity contribution >= 4 is 58.5 Å². The van der Waals surface area contributed by atoms with Crippen LogP contribution in [-0.4, -0.2) is 23.0 Å². The van der Waals surface area contributed by atoms with Crippen molar-refractivity contribution in [2.75, 3.05) is 10.6 Å². The molecule has 6 nitrogen and oxygen atoms in total. The third kappa shape index (κ3) is 8.54. The van der Waals surface area contributed by atoms with Crippen LogP contribution in [0.1, 0.15) is 29.3 Å². The summed E-state index contributed by atoms with van der Waals surface area (Å²) < 4.78 is 14.0. The first-order valence-electron chi connectivity index (χ1n) is 12.8. The van der Waals surface area contributed by atoms with Gasteiger partial charge in [0.2, 0.25) is 5.91 Å². The highest BCUT2D eigenvalue weighted by atomic mass is 35.5. The lowest BCUT2D eigenvalue weighted by Crippen LogP contribution is -2.30. The van der Waals surface area contributed by atoms with Gasteiger partial charge in [-0.25, -0.2) is 4.39 Å². The summed E-state index contributed by atoms with van der Waals surface area (Å²) in [5.41, 5.74) is 1.70. The molecule has 0 saturated heterocycles. The second-order valence-corrected chi connectivity index (χ2v) is 10.6. The van der Waals surface area contributed by atoms with Crippen molar-refractivity contribution in [2.24, 2.45) is 0 Å². The van der Waals surface area contributed by atoms with Crippen LogP contribution in [0.5, 0.6) is 0 Å². The first kappa shape index (κ1) is 29.6. The molecule has 208 valence electrons. The molecule has 9 heteroatoms. The van der Waals surface area contributed by atoms with Gasteiger partial charge in [-0.1, -0.05) is 67.1 Å². The quantitative estimate of drug-likeness (QED) is 0.133. The van der Waals surface area contributed by atoms with E-state index in [2.05, 4.69) is 16.0 Å². The number of para-hydroxylation sites is 1. The molecule has 0 spiro atoms. The fourth-order valence-corrected chi connectivity index (χ4v) is 4.92. The number of hydrogen-bond acceptors (Lipinski definition) is 4. The fourth-order valence-electron chi connectivity index (χ4n) is 3.78. The number of benzene rings is 4. The summed E-state index contributed by atoms with van der Waals surface area (Å²) in [7, 11) is 0. The van der Waals surface area contributed by atoms with Crippen LogP contribution in [-0.2, 0) is 9.59 Å². The van der Waals surface area contributed by atoms with Crippen molar-refractivity contribution in [2.45, 2.75) is 23.5 Å². The van der Waals surface area contributed by atoms with Gasteiger partial charge in [0, 0.05) is 21.2 Å². The Morgan fingerprint density at radius 1 is 0.878 bits per heavy atom. The zero-order chi connectivity index (χ0) is 29.2. The molecule has 1 atom stereocenters. The Labute approximate surface area is 247 Å². The molecule has 41 heavy (non-hydrogen) atoms. The molecule has 0 saturated carbocycles. The maximum absolute atomic E-state index is 14.0. The maximum atomic E-state index is 14.0. The SMILES string of the molecule is CCC(Sc1cccc(NC(=O)/C(=C/c2ccc(Cl)cc2)NC(=O)c2ccccc2)c1)C(=O)Nc1ccccc1F. The molecule has 0 heterocycles. The summed E-state index contributed by atoms with van der Waals surface area (Å²) in [6.07, 6.45) is 2.06. The van der Waals surface area contributed by atoms with Crippen molar-refractivity contribution in [1.82, 2.24) is 5.32 Å². The molecule has 0 aromatic heterocycles. The first-order chi connectivity index (χ1) is 19.8. The molecule has 0 aliphatic heterocycles. The van der Waals surface area contributed by atoms with Crippen LogP contribution in [0.3, 0.4) is 0 Å². The average molecular weight is 588 g/mol. The van der Waals surface area contributed by atoms with Gasteiger partial charge in [-0.2, -0.15) is 0 Å². The van der Waals surface area contributed by atoms with Gasteiger partial charge in [-0.05, 0) is 72.7 Å². The maximum Gasteiger partial charge on any atom is 0.272 e. The topological polar surface area (TPSA) is 87.3 Å². The molecule has 4 aromatic carbocycles. The molecule has 4 rings (SSSR count). The van der Waals surface area contributed by atoms with Crippen LogP contribution in [0.4, 0.5) is 15.8 Å². The molecule has 3 amide bonds. The number of rotatable bonds is 10. The van der Waals surface area contributed by atoms with Crippen molar-refractivity contribution < 1.29 is 18.8 Å². The van der Waals surface area contributed by atoms with Crippen LogP contribution in [0.25, 0.3) is 6.08 Å². The van der Waals surface area contributed by atoms with E-state index in [0.717, 1.165) is 4.90 Å². The number of carbonyl (C=O) groups is 3. The van der Waals surface area contributed by atoms with E-state index < -0.39 is 22.9 Å². The molecule has 0 aliphatic carbocycles. The number of thioether (sulfide) groups is 1. The third-order valence-electron chi connectivity index (χ3n) is 5.88. The first-order valence-corrected chi connectivity index (χ1v) is 14.0. The van der Waals surface area contributed by atoms with Gasteiger partial charge in [-0.15, -0.1) is 11.8 Å². The van der Waals surface area contributed by atoms with Gasteiger partial charge in [0.15, 0.2) is 0 Å². The minimum atomic E-state index is -0.532. The number of carbonyl (C=O) groups excluding carboxylic acids is 3. The number of hydrogen-bond donors (Lipinski definition) is 3. The molecule has 0 fully saturated rings. The zero-order valence-corrected chi connectivity index (χ0v) is 23.6. The van der Waals surface area contributed by atoms with Gasteiger partial charge >= 0.3 is 0 Å². The number of nitrogens with one attached hydrogen (secondary N) is 3. The van der Waals surface area contributed by atoms with E-state index in [1.807, 2.05) is 13.0 Å². The highest BCUT2D eigenvalue weighted by Crippen LogP contribution is 2.29. The molecule has 3 N–H and O–H groups in total. The molecular formula is C32H27ClFN3O3S. The van der Waals surface area contributed by atoms with E-state index >= 15 is 0 Å². The summed E-state index contributed by atoms with van der Waals surface area (Å²) in [4.78, 5) is 39.8.